The van der Waals surface area contributed by atoms with E-state index in [4.69, 9.17) is 16.3 Å². The van der Waals surface area contributed by atoms with Crippen molar-refractivity contribution in [3.8, 4) is 0 Å². The van der Waals surface area contributed by atoms with Gasteiger partial charge in [-0.3, -0.25) is 14.4 Å². The lowest BCUT2D eigenvalue weighted by Crippen LogP contribution is -2.51. The monoisotopic (exact) mass is 480 g/mol. The van der Waals surface area contributed by atoms with Gasteiger partial charge in [0.25, 0.3) is 0 Å². The van der Waals surface area contributed by atoms with Gasteiger partial charge in [-0.25, -0.2) is 0 Å². The number of benzene rings is 1. The van der Waals surface area contributed by atoms with Crippen molar-refractivity contribution in [1.29, 1.82) is 0 Å². The molecule has 2 N–H and O–H groups in total. The minimum absolute atomic E-state index is 0.0139. The minimum atomic E-state index is -0.705. The summed E-state index contributed by atoms with van der Waals surface area (Å²) in [4.78, 5) is 41.7. The Bertz CT molecular complexity index is 907. The molecule has 5 atom stereocenters. The smallest absolute Gasteiger partial charge is 0.310 e. The number of nitrogens with zero attached hydrogens (tertiary/aromatic N) is 1. The molecule has 3 aliphatic heterocycles. The number of hydrogen-bond donors (Lipinski definition) is 2. The lowest BCUT2D eigenvalue weighted by atomic mass is 9.71. The second kappa shape index (κ2) is 9.23. The van der Waals surface area contributed by atoms with Crippen LogP contribution in [0, 0.1) is 18.8 Å². The van der Waals surface area contributed by atoms with Crippen molar-refractivity contribution in [3.05, 3.63) is 28.8 Å². The van der Waals surface area contributed by atoms with Crippen LogP contribution in [0.5, 0.6) is 0 Å². The van der Waals surface area contributed by atoms with E-state index >= 15 is 0 Å². The van der Waals surface area contributed by atoms with E-state index in [2.05, 4.69) is 5.32 Å². The Balaban J connectivity index is 1.69. The summed E-state index contributed by atoms with van der Waals surface area (Å²) in [5.41, 5.74) is 1.38. The largest absolute Gasteiger partial charge is 0.466 e. The van der Waals surface area contributed by atoms with E-state index in [0.717, 1.165) is 12.0 Å². The third kappa shape index (κ3) is 3.70. The highest BCUT2D eigenvalue weighted by atomic mass is 35.5. The molecule has 9 heteroatoms. The summed E-state index contributed by atoms with van der Waals surface area (Å²) in [6.07, 6.45) is 2.59. The van der Waals surface area contributed by atoms with Gasteiger partial charge in [0.05, 0.1) is 33.9 Å². The maximum absolute atomic E-state index is 13.7. The third-order valence-corrected chi connectivity index (χ3v) is 9.15. The number of amides is 2. The second-order valence-electron chi connectivity index (χ2n) is 8.69. The maximum atomic E-state index is 13.7. The molecule has 4 rings (SSSR count). The van der Waals surface area contributed by atoms with Crippen LogP contribution in [0.2, 0.25) is 5.02 Å². The average Bonchev–Trinajstić information content (AvgIpc) is 3.39. The molecule has 3 heterocycles. The molecular weight excluding hydrogens is 452 g/mol. The number of para-hydroxylation sites is 1. The highest BCUT2D eigenvalue weighted by Crippen LogP contribution is 2.66. The molecule has 0 aliphatic carbocycles. The number of esters is 1. The zero-order valence-electron chi connectivity index (χ0n) is 18.3. The fourth-order valence-corrected chi connectivity index (χ4v) is 8.05. The van der Waals surface area contributed by atoms with Gasteiger partial charge in [-0.15, -0.1) is 11.8 Å². The van der Waals surface area contributed by atoms with Gasteiger partial charge in [0.1, 0.15) is 6.04 Å². The standard InChI is InChI=1S/C23H29ClN2O5S/c1-3-31-22(30)16-15-9-10-23(32-15)17(16)21(29)26(11-4-5-12-27)19(23)20(28)25-18-13(2)7-6-8-14(18)24/h6-8,15-17,19,27H,3-5,9-12H2,1-2H3,(H,25,28)/t15-,16+,17-,19?,23?/m0/s1. The molecule has 1 aromatic carbocycles. The number of halogens is 1. The molecule has 1 spiro atoms. The number of thioether (sulfide) groups is 1. The molecule has 0 saturated carbocycles. The molecule has 0 aromatic heterocycles. The van der Waals surface area contributed by atoms with Gasteiger partial charge in [0.15, 0.2) is 0 Å². The Morgan fingerprint density at radius 1 is 1.38 bits per heavy atom. The number of carbonyl (C=O) groups is 3. The third-order valence-electron chi connectivity index (χ3n) is 6.88. The molecular formula is C23H29ClN2O5S. The quantitative estimate of drug-likeness (QED) is 0.438. The molecule has 32 heavy (non-hydrogen) atoms. The number of rotatable bonds is 8. The number of carbonyl (C=O) groups excluding carboxylic acids is 3. The number of unbranched alkanes of at least 4 members (excludes halogenated alkanes) is 1. The van der Waals surface area contributed by atoms with Crippen molar-refractivity contribution in [3.63, 3.8) is 0 Å². The van der Waals surface area contributed by atoms with Crippen LogP contribution in [0.4, 0.5) is 5.69 Å². The van der Waals surface area contributed by atoms with Gasteiger partial charge in [0.2, 0.25) is 11.8 Å². The summed E-state index contributed by atoms with van der Waals surface area (Å²) in [6.45, 7) is 4.27. The van der Waals surface area contributed by atoms with Crippen LogP contribution in [0.15, 0.2) is 18.2 Å². The van der Waals surface area contributed by atoms with E-state index in [1.165, 1.54) is 0 Å². The molecule has 1 aromatic rings. The summed E-state index contributed by atoms with van der Waals surface area (Å²) in [6, 6.07) is 4.70. The van der Waals surface area contributed by atoms with Crippen molar-refractivity contribution in [2.24, 2.45) is 11.8 Å². The zero-order chi connectivity index (χ0) is 23.0. The molecule has 3 fully saturated rings. The summed E-state index contributed by atoms with van der Waals surface area (Å²) in [7, 11) is 0. The Hall–Kier alpha value is -1.77. The van der Waals surface area contributed by atoms with Crippen LogP contribution in [0.3, 0.4) is 0 Å². The van der Waals surface area contributed by atoms with E-state index in [1.807, 2.05) is 19.1 Å². The molecule has 3 aliphatic rings. The highest BCUT2D eigenvalue weighted by Gasteiger charge is 2.73. The maximum Gasteiger partial charge on any atom is 0.310 e. The average molecular weight is 481 g/mol. The van der Waals surface area contributed by atoms with Crippen LogP contribution in [-0.4, -0.2) is 63.6 Å². The van der Waals surface area contributed by atoms with Gasteiger partial charge >= 0.3 is 5.97 Å². The first-order chi connectivity index (χ1) is 15.4. The SMILES string of the molecule is CCOC(=O)[C@@H]1[C@@H]2CCC3(S2)C(C(=O)Nc2c(C)cccc2Cl)N(CCCCO)C(=O)[C@H]13. The number of aliphatic hydroxyl groups excluding tert-OH is 1. The first-order valence-electron chi connectivity index (χ1n) is 11.2. The number of ether oxygens (including phenoxy) is 1. The topological polar surface area (TPSA) is 95.9 Å². The van der Waals surface area contributed by atoms with Crippen molar-refractivity contribution < 1.29 is 24.2 Å². The van der Waals surface area contributed by atoms with E-state index in [0.29, 0.717) is 36.5 Å². The molecule has 2 bridgehead atoms. The molecule has 2 unspecified atom stereocenters. The van der Waals surface area contributed by atoms with Gasteiger partial charge in [-0.2, -0.15) is 0 Å². The van der Waals surface area contributed by atoms with E-state index in [-0.39, 0.29) is 36.2 Å². The van der Waals surface area contributed by atoms with Crippen LogP contribution in [0.1, 0.15) is 38.2 Å². The van der Waals surface area contributed by atoms with Crippen LogP contribution in [-0.2, 0) is 19.1 Å². The number of fused-ring (bicyclic) bond motifs is 1. The van der Waals surface area contributed by atoms with Crippen LogP contribution in [0.25, 0.3) is 0 Å². The number of likely N-dealkylation sites (tertiary alicyclic amines) is 1. The van der Waals surface area contributed by atoms with Crippen molar-refractivity contribution in [2.45, 2.75) is 55.6 Å². The molecule has 174 valence electrons. The number of anilines is 1. The molecule has 3 saturated heterocycles. The highest BCUT2D eigenvalue weighted by molar-refractivity contribution is 8.02. The minimum Gasteiger partial charge on any atom is -0.466 e. The summed E-state index contributed by atoms with van der Waals surface area (Å²) >= 11 is 7.95. The van der Waals surface area contributed by atoms with Gasteiger partial charge < -0.3 is 20.1 Å². The second-order valence-corrected chi connectivity index (χ2v) is 10.7. The first-order valence-corrected chi connectivity index (χ1v) is 12.4. The fraction of sp³-hybridized carbons (Fsp3) is 0.609. The Labute approximate surface area is 197 Å². The lowest BCUT2D eigenvalue weighted by molar-refractivity contribution is -0.153. The molecule has 7 nitrogen and oxygen atoms in total. The van der Waals surface area contributed by atoms with Gasteiger partial charge in [0, 0.05) is 18.4 Å². The summed E-state index contributed by atoms with van der Waals surface area (Å²) in [5, 5.41) is 12.6. The molecule has 2 amide bonds. The van der Waals surface area contributed by atoms with Crippen molar-refractivity contribution in [1.82, 2.24) is 4.90 Å². The molecule has 0 radical (unpaired) electrons. The number of aliphatic hydroxyl groups is 1. The van der Waals surface area contributed by atoms with Crippen molar-refractivity contribution >= 4 is 46.8 Å². The summed E-state index contributed by atoms with van der Waals surface area (Å²) in [5.74, 6) is -1.88. The van der Waals surface area contributed by atoms with Gasteiger partial charge in [-0.05, 0) is 51.2 Å². The lowest BCUT2D eigenvalue weighted by Gasteiger charge is -2.34. The van der Waals surface area contributed by atoms with E-state index in [1.54, 1.807) is 29.7 Å². The van der Waals surface area contributed by atoms with Crippen LogP contribution >= 0.6 is 23.4 Å². The number of aryl methyl sites for hydroxylation is 1. The summed E-state index contributed by atoms with van der Waals surface area (Å²) < 4.78 is 4.66. The van der Waals surface area contributed by atoms with Crippen molar-refractivity contribution in [2.75, 3.05) is 25.1 Å². The normalized spacial score (nSPS) is 30.5. The zero-order valence-corrected chi connectivity index (χ0v) is 19.9. The Kier molecular flexibility index (Phi) is 6.75. The van der Waals surface area contributed by atoms with E-state index in [9.17, 15) is 19.5 Å². The van der Waals surface area contributed by atoms with E-state index < -0.39 is 22.6 Å². The number of hydrogen-bond acceptors (Lipinski definition) is 6. The Morgan fingerprint density at radius 2 is 2.16 bits per heavy atom. The first kappa shape index (κ1) is 23.4. The predicted octanol–water partition coefficient (Wildman–Crippen LogP) is 3.01. The fourth-order valence-electron chi connectivity index (χ4n) is 5.58. The number of nitrogens with one attached hydrogen (secondary N) is 1. The predicted molar refractivity (Wildman–Crippen MR) is 124 cm³/mol. The van der Waals surface area contributed by atoms with Crippen LogP contribution < -0.4 is 5.32 Å². The Morgan fingerprint density at radius 3 is 2.84 bits per heavy atom. The van der Waals surface area contributed by atoms with Gasteiger partial charge in [-0.1, -0.05) is 23.7 Å².